The van der Waals surface area contributed by atoms with Crippen LogP contribution in [-0.2, 0) is 24.8 Å². The lowest BCUT2D eigenvalue weighted by atomic mass is 9.58. The Morgan fingerprint density at radius 3 is 2.79 bits per heavy atom. The maximum absolute atomic E-state index is 6.39. The molecule has 1 aliphatic carbocycles. The minimum atomic E-state index is 0.111. The van der Waals surface area contributed by atoms with Gasteiger partial charge in [-0.15, -0.1) is 0 Å². The predicted octanol–water partition coefficient (Wildman–Crippen LogP) is 6.39. The van der Waals surface area contributed by atoms with Crippen LogP contribution < -0.4 is 4.74 Å². The highest BCUT2D eigenvalue weighted by molar-refractivity contribution is 6.31. The van der Waals surface area contributed by atoms with Gasteiger partial charge in [0.15, 0.2) is 0 Å². The standard InChI is InChI=1S/C29H29ClN2O/c1-33-24-9-5-8-21(14-24)29-12-13-32(18-20-6-3-2-4-7-20)19-22(29)15-25-26-16-23(30)10-11-27(26)31-28(25)17-29/h2-11,14,16,22,31H,12-13,15,17-19H2,1H3/t22?,29-/m0/s1. The summed E-state index contributed by atoms with van der Waals surface area (Å²) in [7, 11) is 1.76. The molecule has 2 aliphatic rings. The van der Waals surface area contributed by atoms with Crippen molar-refractivity contribution in [3.63, 3.8) is 0 Å². The van der Waals surface area contributed by atoms with E-state index in [0.29, 0.717) is 5.92 Å². The molecule has 3 nitrogen and oxygen atoms in total. The Morgan fingerprint density at radius 2 is 1.94 bits per heavy atom. The van der Waals surface area contributed by atoms with Gasteiger partial charge in [-0.05, 0) is 78.7 Å². The fraction of sp³-hybridized carbons (Fsp3) is 0.310. The Hall–Kier alpha value is -2.75. The van der Waals surface area contributed by atoms with Crippen molar-refractivity contribution in [2.75, 3.05) is 20.2 Å². The molecule has 0 radical (unpaired) electrons. The van der Waals surface area contributed by atoms with Gasteiger partial charge in [0.1, 0.15) is 5.75 Å². The van der Waals surface area contributed by atoms with Gasteiger partial charge in [-0.2, -0.15) is 0 Å². The summed E-state index contributed by atoms with van der Waals surface area (Å²) in [6, 6.07) is 25.9. The molecular weight excluding hydrogens is 428 g/mol. The van der Waals surface area contributed by atoms with Crippen LogP contribution >= 0.6 is 11.6 Å². The van der Waals surface area contributed by atoms with E-state index in [-0.39, 0.29) is 5.41 Å². The Labute approximate surface area is 200 Å². The second-order valence-electron chi connectivity index (χ2n) is 9.71. The summed E-state index contributed by atoms with van der Waals surface area (Å²) in [6.45, 7) is 3.21. The van der Waals surface area contributed by atoms with Crippen molar-refractivity contribution in [2.24, 2.45) is 5.92 Å². The molecule has 0 saturated carbocycles. The number of hydrogen-bond donors (Lipinski definition) is 1. The van der Waals surface area contributed by atoms with Crippen LogP contribution in [0.1, 0.15) is 28.8 Å². The molecule has 0 bridgehead atoms. The van der Waals surface area contributed by atoms with Crippen molar-refractivity contribution in [2.45, 2.75) is 31.2 Å². The maximum atomic E-state index is 6.39. The molecule has 0 spiro atoms. The minimum Gasteiger partial charge on any atom is -0.497 e. The fourth-order valence-electron chi connectivity index (χ4n) is 6.25. The molecule has 0 amide bonds. The number of nitrogens with one attached hydrogen (secondary N) is 1. The van der Waals surface area contributed by atoms with Gasteiger partial charge in [-0.25, -0.2) is 0 Å². The topological polar surface area (TPSA) is 28.3 Å². The fourth-order valence-corrected chi connectivity index (χ4v) is 6.43. The maximum Gasteiger partial charge on any atom is 0.119 e. The largest absolute Gasteiger partial charge is 0.497 e. The number of aromatic amines is 1. The van der Waals surface area contributed by atoms with E-state index in [0.717, 1.165) is 49.7 Å². The summed E-state index contributed by atoms with van der Waals surface area (Å²) in [6.07, 6.45) is 3.25. The minimum absolute atomic E-state index is 0.111. The van der Waals surface area contributed by atoms with Crippen LogP contribution in [0.15, 0.2) is 72.8 Å². The first kappa shape index (κ1) is 20.8. The Bertz CT molecular complexity index is 1300. The van der Waals surface area contributed by atoms with Crippen LogP contribution in [0.2, 0.25) is 5.02 Å². The van der Waals surface area contributed by atoms with E-state index in [1.54, 1.807) is 7.11 Å². The van der Waals surface area contributed by atoms with E-state index in [9.17, 15) is 0 Å². The highest BCUT2D eigenvalue weighted by Crippen LogP contribution is 2.49. The van der Waals surface area contributed by atoms with Gasteiger partial charge in [-0.3, -0.25) is 4.90 Å². The van der Waals surface area contributed by atoms with Gasteiger partial charge < -0.3 is 9.72 Å². The van der Waals surface area contributed by atoms with Crippen LogP contribution in [0.5, 0.6) is 5.75 Å². The van der Waals surface area contributed by atoms with E-state index >= 15 is 0 Å². The number of nitrogens with zero attached hydrogens (tertiary/aromatic N) is 1. The van der Waals surface area contributed by atoms with Crippen LogP contribution in [0.3, 0.4) is 0 Å². The lowest BCUT2D eigenvalue weighted by Gasteiger charge is -2.51. The Kier molecular flexibility index (Phi) is 5.20. The first-order valence-corrected chi connectivity index (χ1v) is 12.2. The summed E-state index contributed by atoms with van der Waals surface area (Å²) >= 11 is 6.39. The van der Waals surface area contributed by atoms with Crippen molar-refractivity contribution >= 4 is 22.5 Å². The Morgan fingerprint density at radius 1 is 1.06 bits per heavy atom. The van der Waals surface area contributed by atoms with Gasteiger partial charge in [0, 0.05) is 40.1 Å². The number of fused-ring (bicyclic) bond motifs is 4. The monoisotopic (exact) mass is 456 g/mol. The molecule has 4 aromatic rings. The molecule has 1 aromatic heterocycles. The van der Waals surface area contributed by atoms with E-state index in [4.69, 9.17) is 16.3 Å². The SMILES string of the molecule is COc1cccc([C@@]23CCN(Cc4ccccc4)CC2Cc2c([nH]c4ccc(Cl)cc24)C3)c1. The van der Waals surface area contributed by atoms with Gasteiger partial charge in [0.2, 0.25) is 0 Å². The summed E-state index contributed by atoms with van der Waals surface area (Å²) in [5.74, 6) is 1.48. The first-order valence-electron chi connectivity index (χ1n) is 11.8. The molecule has 1 fully saturated rings. The lowest BCUT2D eigenvalue weighted by Crippen LogP contribution is -2.53. The number of aromatic nitrogens is 1. The van der Waals surface area contributed by atoms with E-state index in [1.165, 1.54) is 33.3 Å². The van der Waals surface area contributed by atoms with Crippen molar-refractivity contribution in [3.8, 4) is 5.75 Å². The first-order chi connectivity index (χ1) is 16.1. The van der Waals surface area contributed by atoms with Gasteiger partial charge in [-0.1, -0.05) is 54.1 Å². The molecule has 1 aliphatic heterocycles. The normalized spacial score (nSPS) is 22.7. The van der Waals surface area contributed by atoms with E-state index in [1.807, 2.05) is 6.07 Å². The highest BCUT2D eigenvalue weighted by Gasteiger charge is 2.48. The molecule has 1 N–H and O–H groups in total. The summed E-state index contributed by atoms with van der Waals surface area (Å²) in [5, 5.41) is 2.10. The van der Waals surface area contributed by atoms with Gasteiger partial charge in [0.05, 0.1) is 7.11 Å². The lowest BCUT2D eigenvalue weighted by molar-refractivity contribution is 0.0765. The second-order valence-corrected chi connectivity index (χ2v) is 10.1. The highest BCUT2D eigenvalue weighted by atomic mass is 35.5. The van der Waals surface area contributed by atoms with Gasteiger partial charge >= 0.3 is 0 Å². The van der Waals surface area contributed by atoms with Crippen molar-refractivity contribution in [3.05, 3.63) is 100 Å². The average Bonchev–Trinajstić information content (AvgIpc) is 3.19. The van der Waals surface area contributed by atoms with Crippen molar-refractivity contribution in [1.82, 2.24) is 9.88 Å². The number of ether oxygens (including phenoxy) is 1. The number of halogens is 1. The van der Waals surface area contributed by atoms with Crippen LogP contribution in [-0.4, -0.2) is 30.1 Å². The molecule has 1 saturated heterocycles. The third-order valence-electron chi connectivity index (χ3n) is 7.93. The third-order valence-corrected chi connectivity index (χ3v) is 8.16. The van der Waals surface area contributed by atoms with Crippen molar-refractivity contribution < 1.29 is 4.74 Å². The summed E-state index contributed by atoms with van der Waals surface area (Å²) in [5.41, 5.74) is 6.94. The zero-order chi connectivity index (χ0) is 22.4. The second kappa shape index (κ2) is 8.23. The molecule has 33 heavy (non-hydrogen) atoms. The number of methoxy groups -OCH3 is 1. The average molecular weight is 457 g/mol. The quantitative estimate of drug-likeness (QED) is 0.385. The third kappa shape index (κ3) is 3.64. The smallest absolute Gasteiger partial charge is 0.119 e. The molecule has 2 atom stereocenters. The molecule has 2 heterocycles. The van der Waals surface area contributed by atoms with Gasteiger partial charge in [0.25, 0.3) is 0 Å². The van der Waals surface area contributed by atoms with E-state index < -0.39 is 0 Å². The molecule has 3 aromatic carbocycles. The predicted molar refractivity (Wildman–Crippen MR) is 135 cm³/mol. The number of H-pyrrole nitrogens is 1. The van der Waals surface area contributed by atoms with Crippen LogP contribution in [0, 0.1) is 5.92 Å². The molecule has 1 unspecified atom stereocenters. The van der Waals surface area contributed by atoms with Crippen LogP contribution in [0.25, 0.3) is 10.9 Å². The van der Waals surface area contributed by atoms with E-state index in [2.05, 4.69) is 76.6 Å². The Balaban J connectivity index is 1.41. The number of rotatable bonds is 4. The summed E-state index contributed by atoms with van der Waals surface area (Å²) < 4.78 is 5.62. The number of hydrogen-bond acceptors (Lipinski definition) is 2. The number of likely N-dealkylation sites (tertiary alicyclic amines) is 1. The molecule has 4 heteroatoms. The van der Waals surface area contributed by atoms with Crippen molar-refractivity contribution in [1.29, 1.82) is 0 Å². The number of benzene rings is 3. The molecular formula is C29H29ClN2O. The molecule has 168 valence electrons. The van der Waals surface area contributed by atoms with Crippen LogP contribution in [0.4, 0.5) is 0 Å². The molecule has 6 rings (SSSR count). The zero-order valence-electron chi connectivity index (χ0n) is 19.0. The number of piperidine rings is 1. The zero-order valence-corrected chi connectivity index (χ0v) is 19.7. The summed E-state index contributed by atoms with van der Waals surface area (Å²) in [4.78, 5) is 6.39.